The van der Waals surface area contributed by atoms with Crippen LogP contribution in [0.3, 0.4) is 0 Å². The van der Waals surface area contributed by atoms with E-state index in [-0.39, 0.29) is 10.8 Å². The third-order valence-electron chi connectivity index (χ3n) is 8.90. The fourth-order valence-corrected chi connectivity index (χ4v) is 6.60. The van der Waals surface area contributed by atoms with Crippen molar-refractivity contribution in [1.29, 1.82) is 0 Å². The van der Waals surface area contributed by atoms with Crippen LogP contribution < -0.4 is 0 Å². The Hall–Kier alpha value is -4.96. The standard InChI is InChI=1S/C38H32N4/c1-37(2)33-17-29(25-9-5-13-39-21-25)31(27-11-7-15-41-23-27)19-35(33)38(3,4)36-20-32(28-12-8-16-42-24-28)30(18-34(36)37)26-10-6-14-40-22-26/h5-24H,1-4H3. The third kappa shape index (κ3) is 4.14. The van der Waals surface area contributed by atoms with Crippen molar-refractivity contribution in [3.63, 3.8) is 0 Å². The molecule has 2 aromatic carbocycles. The van der Waals surface area contributed by atoms with Crippen LogP contribution in [-0.2, 0) is 10.8 Å². The molecule has 7 rings (SSSR count). The van der Waals surface area contributed by atoms with E-state index in [1.165, 1.54) is 44.5 Å². The van der Waals surface area contributed by atoms with Crippen molar-refractivity contribution in [1.82, 2.24) is 19.9 Å². The van der Waals surface area contributed by atoms with E-state index in [2.05, 4.69) is 96.2 Å². The molecule has 1 aliphatic rings. The van der Waals surface area contributed by atoms with Gasteiger partial charge in [0.05, 0.1) is 0 Å². The van der Waals surface area contributed by atoms with Gasteiger partial charge in [-0.15, -0.1) is 0 Å². The molecular formula is C38H32N4. The second-order valence-electron chi connectivity index (χ2n) is 12.1. The Kier molecular flexibility index (Phi) is 6.09. The van der Waals surface area contributed by atoms with Gasteiger partial charge < -0.3 is 0 Å². The SMILES string of the molecule is CC1(C)c2cc(-c3cccnc3)c(-c3cccnc3)cc2C(C)(C)c2cc(-c3cccnc3)c(-c3cccnc3)cc21. The number of pyridine rings is 4. The Morgan fingerprint density at radius 2 is 0.619 bits per heavy atom. The van der Waals surface area contributed by atoms with Crippen LogP contribution in [0.2, 0.25) is 0 Å². The lowest BCUT2D eigenvalue weighted by Crippen LogP contribution is -2.37. The van der Waals surface area contributed by atoms with Gasteiger partial charge in [-0.25, -0.2) is 0 Å². The zero-order valence-electron chi connectivity index (χ0n) is 24.3. The molecule has 0 unspecified atom stereocenters. The first-order chi connectivity index (χ1) is 20.4. The van der Waals surface area contributed by atoms with Gasteiger partial charge in [0.25, 0.3) is 0 Å². The number of rotatable bonds is 4. The highest BCUT2D eigenvalue weighted by atomic mass is 14.6. The summed E-state index contributed by atoms with van der Waals surface area (Å²) in [7, 11) is 0. The summed E-state index contributed by atoms with van der Waals surface area (Å²) >= 11 is 0. The Morgan fingerprint density at radius 3 is 0.810 bits per heavy atom. The molecule has 0 aliphatic heterocycles. The van der Waals surface area contributed by atoms with Crippen molar-refractivity contribution < 1.29 is 0 Å². The average molecular weight is 545 g/mol. The molecule has 6 aromatic rings. The van der Waals surface area contributed by atoms with E-state index in [4.69, 9.17) is 0 Å². The summed E-state index contributed by atoms with van der Waals surface area (Å²) < 4.78 is 0. The molecule has 0 atom stereocenters. The van der Waals surface area contributed by atoms with Gasteiger partial charge in [0.1, 0.15) is 0 Å². The lowest BCUT2D eigenvalue weighted by atomic mass is 9.58. The predicted octanol–water partition coefficient (Wildman–Crippen LogP) is 8.90. The average Bonchev–Trinajstić information content (AvgIpc) is 3.04. The highest BCUT2D eigenvalue weighted by Crippen LogP contribution is 2.54. The topological polar surface area (TPSA) is 51.6 Å². The molecule has 0 bridgehead atoms. The van der Waals surface area contributed by atoms with E-state index >= 15 is 0 Å². The lowest BCUT2D eigenvalue weighted by molar-refractivity contribution is 0.521. The van der Waals surface area contributed by atoms with Gasteiger partial charge in [-0.1, -0.05) is 52.0 Å². The van der Waals surface area contributed by atoms with Gasteiger partial charge in [0.2, 0.25) is 0 Å². The molecule has 4 nitrogen and oxygen atoms in total. The first-order valence-corrected chi connectivity index (χ1v) is 14.4. The molecule has 0 amide bonds. The highest BCUT2D eigenvalue weighted by molar-refractivity contribution is 5.88. The molecule has 0 fully saturated rings. The molecule has 0 radical (unpaired) electrons. The molecule has 4 aromatic heterocycles. The van der Waals surface area contributed by atoms with Crippen molar-refractivity contribution in [2.75, 3.05) is 0 Å². The van der Waals surface area contributed by atoms with Crippen molar-refractivity contribution in [3.05, 3.63) is 145 Å². The quantitative estimate of drug-likeness (QED) is 0.222. The second-order valence-corrected chi connectivity index (χ2v) is 12.1. The minimum Gasteiger partial charge on any atom is -0.264 e. The van der Waals surface area contributed by atoms with E-state index in [0.29, 0.717) is 0 Å². The summed E-state index contributed by atoms with van der Waals surface area (Å²) in [6.07, 6.45) is 15.1. The number of nitrogens with zero attached hydrogens (tertiary/aromatic N) is 4. The highest BCUT2D eigenvalue weighted by Gasteiger charge is 2.43. The van der Waals surface area contributed by atoms with E-state index in [1.807, 2.05) is 73.8 Å². The van der Waals surface area contributed by atoms with E-state index in [1.54, 1.807) is 0 Å². The van der Waals surface area contributed by atoms with Gasteiger partial charge in [0, 0.05) is 82.7 Å². The molecule has 1 aliphatic carbocycles. The molecule has 0 N–H and O–H groups in total. The van der Waals surface area contributed by atoms with Crippen LogP contribution in [-0.4, -0.2) is 19.9 Å². The molecule has 4 heterocycles. The summed E-state index contributed by atoms with van der Waals surface area (Å²) in [4.78, 5) is 17.9. The van der Waals surface area contributed by atoms with E-state index in [9.17, 15) is 0 Å². The Bertz CT molecular complexity index is 1620. The normalized spacial score (nSPS) is 14.6. The van der Waals surface area contributed by atoms with Crippen LogP contribution in [0.4, 0.5) is 0 Å². The van der Waals surface area contributed by atoms with Crippen molar-refractivity contribution in [2.24, 2.45) is 0 Å². The zero-order chi connectivity index (χ0) is 28.9. The van der Waals surface area contributed by atoms with Gasteiger partial charge in [-0.2, -0.15) is 0 Å². The van der Waals surface area contributed by atoms with Crippen LogP contribution in [0.5, 0.6) is 0 Å². The van der Waals surface area contributed by atoms with Crippen molar-refractivity contribution in [3.8, 4) is 44.5 Å². The van der Waals surface area contributed by atoms with Gasteiger partial charge >= 0.3 is 0 Å². The Balaban J connectivity index is 1.53. The van der Waals surface area contributed by atoms with Crippen LogP contribution in [0, 0.1) is 0 Å². The maximum atomic E-state index is 4.47. The molecule has 0 saturated carbocycles. The first kappa shape index (κ1) is 26.0. The minimum atomic E-state index is -0.255. The van der Waals surface area contributed by atoms with Gasteiger partial charge in [0.15, 0.2) is 0 Å². The number of hydrogen-bond acceptors (Lipinski definition) is 4. The predicted molar refractivity (Wildman–Crippen MR) is 170 cm³/mol. The largest absolute Gasteiger partial charge is 0.264 e. The molecule has 42 heavy (non-hydrogen) atoms. The van der Waals surface area contributed by atoms with Crippen molar-refractivity contribution in [2.45, 2.75) is 38.5 Å². The van der Waals surface area contributed by atoms with Crippen LogP contribution >= 0.6 is 0 Å². The van der Waals surface area contributed by atoms with Gasteiger partial charge in [-0.05, 0) is 93.0 Å². The summed E-state index contributed by atoms with van der Waals surface area (Å²) in [5.41, 5.74) is 13.9. The van der Waals surface area contributed by atoms with E-state index in [0.717, 1.165) is 22.3 Å². The second kappa shape index (κ2) is 9.85. The zero-order valence-corrected chi connectivity index (χ0v) is 24.3. The van der Waals surface area contributed by atoms with Crippen LogP contribution in [0.1, 0.15) is 49.9 Å². The smallest absolute Gasteiger partial charge is 0.0346 e. The van der Waals surface area contributed by atoms with Crippen LogP contribution in [0.25, 0.3) is 44.5 Å². The van der Waals surface area contributed by atoms with Crippen molar-refractivity contribution >= 4 is 0 Å². The number of aromatic nitrogens is 4. The minimum absolute atomic E-state index is 0.255. The molecule has 0 saturated heterocycles. The molecular weight excluding hydrogens is 512 g/mol. The summed E-state index contributed by atoms with van der Waals surface area (Å²) in [6, 6.07) is 26.2. The number of fused-ring (bicyclic) bond motifs is 2. The fourth-order valence-electron chi connectivity index (χ4n) is 6.60. The number of hydrogen-bond donors (Lipinski definition) is 0. The Morgan fingerprint density at radius 1 is 0.381 bits per heavy atom. The fraction of sp³-hybridized carbons (Fsp3) is 0.158. The maximum Gasteiger partial charge on any atom is 0.0346 e. The number of benzene rings is 2. The third-order valence-corrected chi connectivity index (χ3v) is 8.90. The first-order valence-electron chi connectivity index (χ1n) is 14.4. The molecule has 0 spiro atoms. The Labute approximate surface area is 247 Å². The summed E-state index contributed by atoms with van der Waals surface area (Å²) in [6.45, 7) is 9.42. The monoisotopic (exact) mass is 544 g/mol. The lowest BCUT2D eigenvalue weighted by Gasteiger charge is -2.45. The van der Waals surface area contributed by atoms with E-state index < -0.39 is 0 Å². The summed E-state index contributed by atoms with van der Waals surface area (Å²) in [5, 5.41) is 0. The molecule has 4 heteroatoms. The maximum absolute atomic E-state index is 4.47. The van der Waals surface area contributed by atoms with Gasteiger partial charge in [-0.3, -0.25) is 19.9 Å². The summed E-state index contributed by atoms with van der Waals surface area (Å²) in [5.74, 6) is 0. The van der Waals surface area contributed by atoms with Crippen LogP contribution in [0.15, 0.2) is 122 Å². The molecule has 204 valence electrons.